The van der Waals surface area contributed by atoms with Crippen LogP contribution in [0.1, 0.15) is 51.3 Å². The first-order valence-corrected chi connectivity index (χ1v) is 12.8. The molecule has 0 saturated heterocycles. The number of aryl methyl sites for hydroxylation is 2. The zero-order valence-electron chi connectivity index (χ0n) is 20.9. The van der Waals surface area contributed by atoms with Crippen molar-refractivity contribution < 1.29 is 9.59 Å². The molecule has 0 aliphatic heterocycles. The maximum atomic E-state index is 13.5. The minimum atomic E-state index is -0.221. The lowest BCUT2D eigenvalue weighted by Gasteiger charge is -2.14. The van der Waals surface area contributed by atoms with Crippen LogP contribution in [0.25, 0.3) is 10.9 Å². The molecule has 1 N–H and O–H groups in total. The van der Waals surface area contributed by atoms with E-state index in [1.807, 2.05) is 76.2 Å². The number of Topliss-reactive ketones (excluding diaryl/α,β-unsaturated/α-hetero) is 1. The summed E-state index contributed by atoms with van der Waals surface area (Å²) in [5.74, 6) is -0.103. The van der Waals surface area contributed by atoms with Crippen LogP contribution in [-0.2, 0) is 6.54 Å². The van der Waals surface area contributed by atoms with Crippen molar-refractivity contribution in [2.75, 3.05) is 5.75 Å². The van der Waals surface area contributed by atoms with E-state index >= 15 is 0 Å². The molecule has 3 aromatic carbocycles. The lowest BCUT2D eigenvalue weighted by atomic mass is 10.0. The Balaban J connectivity index is 1.73. The van der Waals surface area contributed by atoms with Crippen LogP contribution < -0.4 is 10.9 Å². The van der Waals surface area contributed by atoms with E-state index in [9.17, 15) is 14.4 Å². The summed E-state index contributed by atoms with van der Waals surface area (Å²) in [6.45, 7) is 8.03. The Hall–Kier alpha value is -3.71. The van der Waals surface area contributed by atoms with Crippen LogP contribution in [0.3, 0.4) is 0 Å². The van der Waals surface area contributed by atoms with Crippen molar-refractivity contribution in [2.24, 2.45) is 0 Å². The Bertz CT molecular complexity index is 1490. The number of rotatable bonds is 8. The zero-order valence-corrected chi connectivity index (χ0v) is 21.7. The molecule has 6 nitrogen and oxygen atoms in total. The van der Waals surface area contributed by atoms with Gasteiger partial charge in [0.2, 0.25) is 0 Å². The first-order chi connectivity index (χ1) is 17.2. The van der Waals surface area contributed by atoms with Gasteiger partial charge in [-0.2, -0.15) is 0 Å². The number of carbonyl (C=O) groups excluding carboxylic acids is 2. The van der Waals surface area contributed by atoms with Crippen molar-refractivity contribution in [1.29, 1.82) is 0 Å². The third kappa shape index (κ3) is 5.74. The van der Waals surface area contributed by atoms with Gasteiger partial charge in [0.05, 0.1) is 23.2 Å². The molecule has 1 amide bonds. The molecule has 1 aromatic heterocycles. The van der Waals surface area contributed by atoms with Crippen molar-refractivity contribution in [3.8, 4) is 0 Å². The van der Waals surface area contributed by atoms with Crippen LogP contribution in [0.5, 0.6) is 0 Å². The third-order valence-electron chi connectivity index (χ3n) is 5.80. The van der Waals surface area contributed by atoms with Gasteiger partial charge in [0.1, 0.15) is 0 Å². The number of aromatic nitrogens is 2. The van der Waals surface area contributed by atoms with Gasteiger partial charge in [-0.25, -0.2) is 4.98 Å². The molecule has 0 unspecified atom stereocenters. The van der Waals surface area contributed by atoms with Crippen LogP contribution >= 0.6 is 11.8 Å². The molecule has 0 radical (unpaired) electrons. The number of hydrogen-bond donors (Lipinski definition) is 1. The first kappa shape index (κ1) is 25.4. The third-order valence-corrected chi connectivity index (χ3v) is 6.78. The van der Waals surface area contributed by atoms with Gasteiger partial charge in [0.15, 0.2) is 10.9 Å². The first-order valence-electron chi connectivity index (χ1n) is 11.9. The van der Waals surface area contributed by atoms with Crippen molar-refractivity contribution in [1.82, 2.24) is 14.9 Å². The fourth-order valence-corrected chi connectivity index (χ4v) is 4.92. The highest BCUT2D eigenvalue weighted by atomic mass is 32.2. The Kier molecular flexibility index (Phi) is 7.70. The van der Waals surface area contributed by atoms with Crippen LogP contribution in [0.15, 0.2) is 76.7 Å². The normalized spacial score (nSPS) is 11.1. The second-order valence-electron chi connectivity index (χ2n) is 9.16. The molecular formula is C29H29N3O3S. The molecular weight excluding hydrogens is 470 g/mol. The van der Waals surface area contributed by atoms with Gasteiger partial charge in [-0.1, -0.05) is 65.9 Å². The summed E-state index contributed by atoms with van der Waals surface area (Å²) in [4.78, 5) is 43.9. The molecule has 7 heteroatoms. The standard InChI is InChI=1S/C29H29N3O3S/c1-18(2)30-27(34)22-11-13-24-25(15-22)31-29(32(28(24)35)16-21-8-6-5-7-9-21)36-17-26(33)23-12-10-19(3)14-20(23)4/h5-15,18H,16-17H2,1-4H3,(H,30,34). The van der Waals surface area contributed by atoms with Gasteiger partial charge in [-0.3, -0.25) is 19.0 Å². The molecule has 0 saturated carbocycles. The average Bonchev–Trinajstić information content (AvgIpc) is 2.84. The second-order valence-corrected chi connectivity index (χ2v) is 10.1. The van der Waals surface area contributed by atoms with Crippen LogP contribution in [0, 0.1) is 13.8 Å². The smallest absolute Gasteiger partial charge is 0.262 e. The predicted molar refractivity (Wildman–Crippen MR) is 145 cm³/mol. The van der Waals surface area contributed by atoms with Gasteiger partial charge < -0.3 is 5.32 Å². The summed E-state index contributed by atoms with van der Waals surface area (Å²) >= 11 is 1.24. The van der Waals surface area contributed by atoms with Crippen molar-refractivity contribution in [3.63, 3.8) is 0 Å². The summed E-state index contributed by atoms with van der Waals surface area (Å²) < 4.78 is 1.60. The minimum Gasteiger partial charge on any atom is -0.350 e. The molecule has 0 aliphatic carbocycles. The summed E-state index contributed by atoms with van der Waals surface area (Å²) in [5.41, 5.74) is 4.31. The number of benzene rings is 3. The molecule has 1 heterocycles. The van der Waals surface area contributed by atoms with Gasteiger partial charge in [-0.15, -0.1) is 0 Å². The number of nitrogens with zero attached hydrogens (tertiary/aromatic N) is 2. The number of amides is 1. The quantitative estimate of drug-likeness (QED) is 0.205. The van der Waals surface area contributed by atoms with Crippen molar-refractivity contribution in [3.05, 3.63) is 105 Å². The molecule has 4 rings (SSSR count). The Labute approximate surface area is 214 Å². The fraction of sp³-hybridized carbons (Fsp3) is 0.241. The van der Waals surface area contributed by atoms with Crippen molar-refractivity contribution in [2.45, 2.75) is 45.4 Å². The molecule has 0 spiro atoms. The zero-order chi connectivity index (χ0) is 25.8. The minimum absolute atomic E-state index is 0.0117. The summed E-state index contributed by atoms with van der Waals surface area (Å²) in [6.07, 6.45) is 0. The number of nitrogens with one attached hydrogen (secondary N) is 1. The number of carbonyl (C=O) groups is 2. The van der Waals surface area contributed by atoms with E-state index in [0.717, 1.165) is 16.7 Å². The molecule has 4 aromatic rings. The Morgan fingerprint density at radius 2 is 1.75 bits per heavy atom. The van der Waals surface area contributed by atoms with Gasteiger partial charge in [-0.05, 0) is 57.0 Å². The largest absolute Gasteiger partial charge is 0.350 e. The summed E-state index contributed by atoms with van der Waals surface area (Å²) in [7, 11) is 0. The molecule has 36 heavy (non-hydrogen) atoms. The highest BCUT2D eigenvalue weighted by molar-refractivity contribution is 7.99. The SMILES string of the molecule is Cc1ccc(C(=O)CSc2nc3cc(C(=O)NC(C)C)ccc3c(=O)n2Cc2ccccc2)c(C)c1. The Morgan fingerprint density at radius 3 is 2.44 bits per heavy atom. The molecule has 184 valence electrons. The topological polar surface area (TPSA) is 81.1 Å². The highest BCUT2D eigenvalue weighted by Crippen LogP contribution is 2.22. The Morgan fingerprint density at radius 1 is 1.00 bits per heavy atom. The van der Waals surface area contributed by atoms with E-state index in [4.69, 9.17) is 4.98 Å². The molecule has 0 bridgehead atoms. The molecule has 0 fully saturated rings. The number of ketones is 1. The lowest BCUT2D eigenvalue weighted by Crippen LogP contribution is -2.30. The number of hydrogen-bond acceptors (Lipinski definition) is 5. The number of fused-ring (bicyclic) bond motifs is 1. The maximum Gasteiger partial charge on any atom is 0.262 e. The summed E-state index contributed by atoms with van der Waals surface area (Å²) in [6, 6.07) is 20.3. The highest BCUT2D eigenvalue weighted by Gasteiger charge is 2.17. The number of thioether (sulfide) groups is 1. The van der Waals surface area contributed by atoms with Crippen LogP contribution in [0.2, 0.25) is 0 Å². The molecule has 0 atom stereocenters. The average molecular weight is 500 g/mol. The fourth-order valence-electron chi connectivity index (χ4n) is 4.04. The van der Waals surface area contributed by atoms with Crippen LogP contribution in [0.4, 0.5) is 0 Å². The van der Waals surface area contributed by atoms with E-state index < -0.39 is 0 Å². The summed E-state index contributed by atoms with van der Waals surface area (Å²) in [5, 5.41) is 3.73. The monoisotopic (exact) mass is 499 g/mol. The predicted octanol–water partition coefficient (Wildman–Crippen LogP) is 5.17. The van der Waals surface area contributed by atoms with Crippen molar-refractivity contribution >= 4 is 34.4 Å². The van der Waals surface area contributed by atoms with E-state index in [1.165, 1.54) is 11.8 Å². The van der Waals surface area contributed by atoms with E-state index in [-0.39, 0.29) is 29.0 Å². The van der Waals surface area contributed by atoms with E-state index in [0.29, 0.717) is 33.7 Å². The van der Waals surface area contributed by atoms with Gasteiger partial charge >= 0.3 is 0 Å². The van der Waals surface area contributed by atoms with Gasteiger partial charge in [0, 0.05) is 17.2 Å². The van der Waals surface area contributed by atoms with Gasteiger partial charge in [0.25, 0.3) is 11.5 Å². The van der Waals surface area contributed by atoms with E-state index in [2.05, 4.69) is 5.32 Å². The molecule has 0 aliphatic rings. The van der Waals surface area contributed by atoms with E-state index in [1.54, 1.807) is 22.8 Å². The lowest BCUT2D eigenvalue weighted by molar-refractivity contribution is 0.0942. The van der Waals surface area contributed by atoms with Crippen LogP contribution in [-0.4, -0.2) is 33.0 Å². The second kappa shape index (κ2) is 10.9. The maximum absolute atomic E-state index is 13.5.